The van der Waals surface area contributed by atoms with Crippen molar-refractivity contribution in [2.24, 2.45) is 5.92 Å². The van der Waals surface area contributed by atoms with Crippen LogP contribution in [0.25, 0.3) is 10.7 Å². The largest absolute Gasteiger partial charge is 0.337 e. The van der Waals surface area contributed by atoms with Gasteiger partial charge in [0.2, 0.25) is 27.1 Å². The third-order valence-corrected chi connectivity index (χ3v) is 7.57. The number of carbonyl (C=O) groups is 1. The van der Waals surface area contributed by atoms with Gasteiger partial charge in [0.05, 0.1) is 11.4 Å². The fraction of sp³-hybridized carbons (Fsp3) is 0.400. The maximum Gasteiger partial charge on any atom is 0.272 e. The van der Waals surface area contributed by atoms with Crippen LogP contribution in [0.4, 0.5) is 5.13 Å². The van der Waals surface area contributed by atoms with Gasteiger partial charge in [0, 0.05) is 12.5 Å². The van der Waals surface area contributed by atoms with E-state index in [2.05, 4.69) is 25.7 Å². The number of nitrogens with one attached hydrogen (secondary N) is 1. The summed E-state index contributed by atoms with van der Waals surface area (Å²) in [7, 11) is -3.93. The van der Waals surface area contributed by atoms with Crippen LogP contribution in [-0.2, 0) is 21.4 Å². The average Bonchev–Trinajstić information content (AvgIpc) is 3.39. The van der Waals surface area contributed by atoms with Gasteiger partial charge in [-0.1, -0.05) is 43.3 Å². The van der Waals surface area contributed by atoms with E-state index in [0.717, 1.165) is 20.5 Å². The van der Waals surface area contributed by atoms with Crippen molar-refractivity contribution < 1.29 is 17.7 Å². The standard InChI is InChI=1S/C15H18N6O4S3/c1-4-21(8-11-16-12(20-25-11)10-6-5-7-26-10)28(23,24)15-19-18-14(27-15)17-13(22)9(2)3/h5-7,9H,4,8H2,1-3H3,(H,17,18,22). The topological polar surface area (TPSA) is 131 Å². The van der Waals surface area contributed by atoms with E-state index in [1.165, 1.54) is 11.3 Å². The Morgan fingerprint density at radius 3 is 2.79 bits per heavy atom. The number of nitrogens with zero attached hydrogens (tertiary/aromatic N) is 5. The van der Waals surface area contributed by atoms with Gasteiger partial charge in [-0.15, -0.1) is 21.5 Å². The van der Waals surface area contributed by atoms with Gasteiger partial charge in [-0.25, -0.2) is 8.42 Å². The zero-order valence-electron chi connectivity index (χ0n) is 15.3. The van der Waals surface area contributed by atoms with E-state index in [9.17, 15) is 13.2 Å². The van der Waals surface area contributed by atoms with Gasteiger partial charge in [0.25, 0.3) is 10.0 Å². The van der Waals surface area contributed by atoms with Gasteiger partial charge in [0.1, 0.15) is 0 Å². The van der Waals surface area contributed by atoms with Crippen molar-refractivity contribution in [2.75, 3.05) is 11.9 Å². The molecule has 0 saturated heterocycles. The van der Waals surface area contributed by atoms with Crippen LogP contribution in [0, 0.1) is 5.92 Å². The highest BCUT2D eigenvalue weighted by Crippen LogP contribution is 2.26. The van der Waals surface area contributed by atoms with E-state index in [0.29, 0.717) is 5.82 Å². The molecule has 0 saturated carbocycles. The zero-order valence-corrected chi connectivity index (χ0v) is 17.8. The molecule has 1 N–H and O–H groups in total. The first kappa shape index (κ1) is 20.5. The minimum atomic E-state index is -3.93. The summed E-state index contributed by atoms with van der Waals surface area (Å²) in [5, 5.41) is 15.9. The highest BCUT2D eigenvalue weighted by molar-refractivity contribution is 7.91. The molecule has 3 aromatic rings. The number of hydrogen-bond acceptors (Lipinski definition) is 10. The molecule has 28 heavy (non-hydrogen) atoms. The van der Waals surface area contributed by atoms with E-state index in [1.54, 1.807) is 20.8 Å². The van der Waals surface area contributed by atoms with Crippen LogP contribution in [0.1, 0.15) is 26.7 Å². The van der Waals surface area contributed by atoms with Crippen molar-refractivity contribution in [3.8, 4) is 10.7 Å². The molecule has 0 aliphatic carbocycles. The molecule has 0 bridgehead atoms. The van der Waals surface area contributed by atoms with Crippen molar-refractivity contribution >= 4 is 43.7 Å². The van der Waals surface area contributed by atoms with Crippen molar-refractivity contribution in [1.29, 1.82) is 0 Å². The summed E-state index contributed by atoms with van der Waals surface area (Å²) in [6.45, 7) is 5.22. The first-order valence-electron chi connectivity index (χ1n) is 8.32. The number of sulfonamides is 1. The van der Waals surface area contributed by atoms with E-state index in [1.807, 2.05) is 17.5 Å². The number of carbonyl (C=O) groups excluding carboxylic acids is 1. The number of aromatic nitrogens is 4. The van der Waals surface area contributed by atoms with E-state index < -0.39 is 10.0 Å². The van der Waals surface area contributed by atoms with Crippen LogP contribution in [0.3, 0.4) is 0 Å². The van der Waals surface area contributed by atoms with Gasteiger partial charge in [-0.2, -0.15) is 9.29 Å². The first-order valence-corrected chi connectivity index (χ1v) is 11.5. The highest BCUT2D eigenvalue weighted by Gasteiger charge is 2.29. The molecule has 0 aliphatic rings. The maximum atomic E-state index is 12.9. The predicted molar refractivity (Wildman–Crippen MR) is 104 cm³/mol. The van der Waals surface area contributed by atoms with Gasteiger partial charge in [-0.05, 0) is 11.4 Å². The number of anilines is 1. The SMILES string of the molecule is CCN(Cc1nc(-c2cccs2)no1)S(=O)(=O)c1nnc(NC(=O)C(C)C)s1. The summed E-state index contributed by atoms with van der Waals surface area (Å²) in [6.07, 6.45) is 0. The quantitative estimate of drug-likeness (QED) is 0.526. The summed E-state index contributed by atoms with van der Waals surface area (Å²) < 4.78 is 31.9. The van der Waals surface area contributed by atoms with Crippen LogP contribution in [-0.4, -0.2) is 45.5 Å². The smallest absolute Gasteiger partial charge is 0.272 e. The Balaban J connectivity index is 1.76. The highest BCUT2D eigenvalue weighted by atomic mass is 32.2. The van der Waals surface area contributed by atoms with Crippen LogP contribution in [0.5, 0.6) is 0 Å². The van der Waals surface area contributed by atoms with Gasteiger partial charge in [-0.3, -0.25) is 4.79 Å². The Kier molecular flexibility index (Phi) is 6.17. The molecule has 0 radical (unpaired) electrons. The van der Waals surface area contributed by atoms with Crippen LogP contribution < -0.4 is 5.32 Å². The lowest BCUT2D eigenvalue weighted by atomic mass is 10.2. The molecule has 0 aliphatic heterocycles. The van der Waals surface area contributed by atoms with E-state index in [-0.39, 0.29) is 40.3 Å². The van der Waals surface area contributed by atoms with Gasteiger partial charge in [0.15, 0.2) is 0 Å². The lowest BCUT2D eigenvalue weighted by Crippen LogP contribution is -2.30. The van der Waals surface area contributed by atoms with Crippen molar-refractivity contribution in [3.05, 3.63) is 23.4 Å². The first-order chi connectivity index (χ1) is 13.3. The molecule has 1 amide bonds. The molecule has 0 unspecified atom stereocenters. The van der Waals surface area contributed by atoms with Crippen LogP contribution >= 0.6 is 22.7 Å². The Morgan fingerprint density at radius 2 is 2.14 bits per heavy atom. The molecule has 3 aromatic heterocycles. The third kappa shape index (κ3) is 4.43. The predicted octanol–water partition coefficient (Wildman–Crippen LogP) is 2.45. The normalized spacial score (nSPS) is 12.0. The van der Waals surface area contributed by atoms with E-state index in [4.69, 9.17) is 4.52 Å². The average molecular weight is 443 g/mol. The lowest BCUT2D eigenvalue weighted by molar-refractivity contribution is -0.118. The molecule has 3 rings (SSSR count). The van der Waals surface area contributed by atoms with Crippen LogP contribution in [0.2, 0.25) is 0 Å². The fourth-order valence-electron chi connectivity index (χ4n) is 2.07. The Hall–Kier alpha value is -2.22. The molecular weight excluding hydrogens is 424 g/mol. The van der Waals surface area contributed by atoms with Gasteiger partial charge >= 0.3 is 0 Å². The maximum absolute atomic E-state index is 12.9. The Labute approximate surface area is 169 Å². The second kappa shape index (κ2) is 8.43. The molecule has 0 aromatic carbocycles. The molecule has 13 heteroatoms. The third-order valence-electron chi connectivity index (χ3n) is 3.60. The second-order valence-electron chi connectivity index (χ2n) is 5.94. The fourth-order valence-corrected chi connectivity index (χ4v) is 5.16. The molecule has 150 valence electrons. The zero-order chi connectivity index (χ0) is 20.3. The Bertz CT molecular complexity index is 1040. The van der Waals surface area contributed by atoms with Crippen LogP contribution in [0.15, 0.2) is 26.4 Å². The summed E-state index contributed by atoms with van der Waals surface area (Å²) in [4.78, 5) is 16.8. The van der Waals surface area contributed by atoms with Crippen molar-refractivity contribution in [1.82, 2.24) is 24.6 Å². The molecule has 3 heterocycles. The summed E-state index contributed by atoms with van der Waals surface area (Å²) >= 11 is 2.25. The molecule has 0 atom stereocenters. The summed E-state index contributed by atoms with van der Waals surface area (Å²) in [5.74, 6) is 0.0605. The lowest BCUT2D eigenvalue weighted by Gasteiger charge is -2.15. The minimum absolute atomic E-state index is 0.0928. The number of thiophene rings is 1. The second-order valence-corrected chi connectivity index (χ2v) is 9.97. The molecule has 0 fully saturated rings. The number of rotatable bonds is 8. The Morgan fingerprint density at radius 1 is 1.36 bits per heavy atom. The van der Waals surface area contributed by atoms with Crippen molar-refractivity contribution in [2.45, 2.75) is 31.7 Å². The van der Waals surface area contributed by atoms with Gasteiger partial charge < -0.3 is 9.84 Å². The van der Waals surface area contributed by atoms with E-state index >= 15 is 0 Å². The minimum Gasteiger partial charge on any atom is -0.337 e. The molecule has 0 spiro atoms. The van der Waals surface area contributed by atoms with Crippen molar-refractivity contribution in [3.63, 3.8) is 0 Å². The monoisotopic (exact) mass is 442 g/mol. The summed E-state index contributed by atoms with van der Waals surface area (Å²) in [6, 6.07) is 3.71. The number of amides is 1. The number of hydrogen-bond donors (Lipinski definition) is 1. The molecule has 10 nitrogen and oxygen atoms in total. The summed E-state index contributed by atoms with van der Waals surface area (Å²) in [5.41, 5.74) is 0. The molecular formula is C15H18N6O4S3.